The summed E-state index contributed by atoms with van der Waals surface area (Å²) in [6.45, 7) is 2.91. The summed E-state index contributed by atoms with van der Waals surface area (Å²) < 4.78 is 10.9. The van der Waals surface area contributed by atoms with Gasteiger partial charge in [0.1, 0.15) is 12.4 Å². The second-order valence-corrected chi connectivity index (χ2v) is 6.90. The molecule has 1 aliphatic rings. The fourth-order valence-electron chi connectivity index (χ4n) is 3.04. The van der Waals surface area contributed by atoms with Crippen molar-refractivity contribution >= 4 is 23.5 Å². The molecule has 6 heteroatoms. The number of nitrogens with zero attached hydrogens (tertiary/aromatic N) is 1. The molecule has 0 aliphatic carbocycles. The van der Waals surface area contributed by atoms with Crippen molar-refractivity contribution in [3.05, 3.63) is 64.7 Å². The molecule has 0 N–H and O–H groups in total. The van der Waals surface area contributed by atoms with E-state index in [0.717, 1.165) is 16.9 Å². The Morgan fingerprint density at radius 2 is 2.00 bits per heavy atom. The summed E-state index contributed by atoms with van der Waals surface area (Å²) in [4.78, 5) is 26.4. The van der Waals surface area contributed by atoms with Crippen LogP contribution in [0.5, 0.6) is 5.75 Å². The van der Waals surface area contributed by atoms with Gasteiger partial charge >= 0.3 is 5.97 Å². The SMILES string of the molecule is CCN(Cc1ccccc1)C(=O)COC(=O)[C@@H]1COc2ccc(Cl)cc2C1. The average Bonchev–Trinajstić information content (AvgIpc) is 2.70. The highest BCUT2D eigenvalue weighted by Crippen LogP contribution is 2.30. The topological polar surface area (TPSA) is 55.8 Å². The first-order valence-electron chi connectivity index (χ1n) is 8.96. The lowest BCUT2D eigenvalue weighted by Crippen LogP contribution is -2.36. The lowest BCUT2D eigenvalue weighted by atomic mass is 9.97. The molecule has 1 heterocycles. The van der Waals surface area contributed by atoms with Crippen LogP contribution in [-0.2, 0) is 27.3 Å². The maximum absolute atomic E-state index is 12.4. The molecule has 0 unspecified atom stereocenters. The van der Waals surface area contributed by atoms with E-state index in [1.54, 1.807) is 23.1 Å². The quantitative estimate of drug-likeness (QED) is 0.712. The lowest BCUT2D eigenvalue weighted by Gasteiger charge is -2.25. The number of ether oxygens (including phenoxy) is 2. The number of carbonyl (C=O) groups excluding carboxylic acids is 2. The molecule has 1 amide bonds. The first kappa shape index (κ1) is 19.2. The summed E-state index contributed by atoms with van der Waals surface area (Å²) in [6.07, 6.45) is 0.491. The second kappa shape index (κ2) is 8.91. The van der Waals surface area contributed by atoms with Crippen molar-refractivity contribution in [2.75, 3.05) is 19.8 Å². The van der Waals surface area contributed by atoms with Gasteiger partial charge in [0.2, 0.25) is 0 Å². The number of carbonyl (C=O) groups is 2. The normalized spacial score (nSPS) is 15.4. The number of likely N-dealkylation sites (N-methyl/N-ethyl adjacent to an activating group) is 1. The standard InChI is InChI=1S/C21H22ClNO4/c1-2-23(12-15-6-4-3-5-7-15)20(24)14-27-21(25)17-10-16-11-18(22)8-9-19(16)26-13-17/h3-9,11,17H,2,10,12-14H2,1H3/t17-/m0/s1. The lowest BCUT2D eigenvalue weighted by molar-refractivity contribution is -0.156. The Morgan fingerprint density at radius 1 is 1.22 bits per heavy atom. The summed E-state index contributed by atoms with van der Waals surface area (Å²) in [5.41, 5.74) is 1.91. The minimum absolute atomic E-state index is 0.213. The first-order valence-corrected chi connectivity index (χ1v) is 9.34. The van der Waals surface area contributed by atoms with Gasteiger partial charge in [0, 0.05) is 18.1 Å². The van der Waals surface area contributed by atoms with Crippen LogP contribution in [0.1, 0.15) is 18.1 Å². The molecule has 0 bridgehead atoms. The Morgan fingerprint density at radius 3 is 2.74 bits per heavy atom. The van der Waals surface area contributed by atoms with E-state index in [1.165, 1.54) is 0 Å². The molecule has 0 saturated carbocycles. The molecular weight excluding hydrogens is 366 g/mol. The Balaban J connectivity index is 1.53. The van der Waals surface area contributed by atoms with Gasteiger partial charge in [0.15, 0.2) is 6.61 Å². The molecule has 1 atom stereocenters. The maximum Gasteiger partial charge on any atom is 0.313 e. The summed E-state index contributed by atoms with van der Waals surface area (Å²) in [7, 11) is 0. The summed E-state index contributed by atoms with van der Waals surface area (Å²) in [6, 6.07) is 15.1. The molecule has 0 saturated heterocycles. The van der Waals surface area contributed by atoms with Crippen molar-refractivity contribution in [3.63, 3.8) is 0 Å². The van der Waals surface area contributed by atoms with Crippen molar-refractivity contribution in [1.29, 1.82) is 0 Å². The molecule has 5 nitrogen and oxygen atoms in total. The second-order valence-electron chi connectivity index (χ2n) is 6.47. The number of hydrogen-bond donors (Lipinski definition) is 0. The van der Waals surface area contributed by atoms with Gasteiger partial charge in [-0.15, -0.1) is 0 Å². The van der Waals surface area contributed by atoms with Crippen LogP contribution in [0.15, 0.2) is 48.5 Å². The van der Waals surface area contributed by atoms with Crippen LogP contribution >= 0.6 is 11.6 Å². The van der Waals surface area contributed by atoms with E-state index in [2.05, 4.69) is 0 Å². The van der Waals surface area contributed by atoms with Crippen molar-refractivity contribution in [3.8, 4) is 5.75 Å². The molecule has 0 fully saturated rings. The van der Waals surface area contributed by atoms with Crippen molar-refractivity contribution < 1.29 is 19.1 Å². The third-order valence-electron chi connectivity index (χ3n) is 4.55. The molecule has 0 aromatic heterocycles. The number of esters is 1. The summed E-state index contributed by atoms with van der Waals surface area (Å²) in [5.74, 6) is -0.341. The maximum atomic E-state index is 12.4. The number of rotatable bonds is 6. The molecule has 2 aromatic rings. The molecule has 1 aliphatic heterocycles. The fourth-order valence-corrected chi connectivity index (χ4v) is 3.23. The minimum Gasteiger partial charge on any atom is -0.492 e. The molecule has 3 rings (SSSR count). The van der Waals surface area contributed by atoms with E-state index in [-0.39, 0.29) is 19.1 Å². The third-order valence-corrected chi connectivity index (χ3v) is 4.79. The number of fused-ring (bicyclic) bond motifs is 1. The van der Waals surface area contributed by atoms with E-state index >= 15 is 0 Å². The van der Waals surface area contributed by atoms with Crippen LogP contribution in [-0.4, -0.2) is 36.5 Å². The molecule has 142 valence electrons. The van der Waals surface area contributed by atoms with Crippen LogP contribution in [0, 0.1) is 5.92 Å². The van der Waals surface area contributed by atoms with Crippen molar-refractivity contribution in [2.24, 2.45) is 5.92 Å². The van der Waals surface area contributed by atoms with Gasteiger partial charge in [0.25, 0.3) is 5.91 Å². The average molecular weight is 388 g/mol. The predicted molar refractivity (Wildman–Crippen MR) is 103 cm³/mol. The van der Waals surface area contributed by atoms with E-state index < -0.39 is 11.9 Å². The summed E-state index contributed by atoms with van der Waals surface area (Å²) >= 11 is 6.00. The zero-order valence-electron chi connectivity index (χ0n) is 15.2. The van der Waals surface area contributed by atoms with Gasteiger partial charge in [0.05, 0.1) is 5.92 Å². The van der Waals surface area contributed by atoms with Gasteiger partial charge in [-0.1, -0.05) is 41.9 Å². The van der Waals surface area contributed by atoms with Gasteiger partial charge in [-0.25, -0.2) is 0 Å². The largest absolute Gasteiger partial charge is 0.492 e. The number of amides is 1. The van der Waals surface area contributed by atoms with Gasteiger partial charge in [-0.3, -0.25) is 9.59 Å². The third kappa shape index (κ3) is 5.01. The Hall–Kier alpha value is -2.53. The highest BCUT2D eigenvalue weighted by molar-refractivity contribution is 6.30. The Bertz CT molecular complexity index is 809. The van der Waals surface area contributed by atoms with Gasteiger partial charge in [-0.05, 0) is 42.7 Å². The zero-order valence-corrected chi connectivity index (χ0v) is 15.9. The molecule has 0 spiro atoms. The van der Waals surface area contributed by atoms with E-state index in [9.17, 15) is 9.59 Å². The van der Waals surface area contributed by atoms with E-state index in [0.29, 0.717) is 24.5 Å². The Kier molecular flexibility index (Phi) is 6.35. The van der Waals surface area contributed by atoms with E-state index in [4.69, 9.17) is 21.1 Å². The Labute approximate surface area is 163 Å². The zero-order chi connectivity index (χ0) is 19.2. The van der Waals surface area contributed by atoms with Crippen LogP contribution in [0.25, 0.3) is 0 Å². The summed E-state index contributed by atoms with van der Waals surface area (Å²) in [5, 5.41) is 0.598. The van der Waals surface area contributed by atoms with Crippen LogP contribution in [0.2, 0.25) is 5.02 Å². The van der Waals surface area contributed by atoms with Crippen molar-refractivity contribution in [2.45, 2.75) is 19.9 Å². The van der Waals surface area contributed by atoms with Crippen LogP contribution in [0.4, 0.5) is 0 Å². The fraction of sp³-hybridized carbons (Fsp3) is 0.333. The number of benzene rings is 2. The smallest absolute Gasteiger partial charge is 0.313 e. The van der Waals surface area contributed by atoms with Crippen LogP contribution < -0.4 is 4.74 Å². The van der Waals surface area contributed by atoms with Crippen LogP contribution in [0.3, 0.4) is 0 Å². The highest BCUT2D eigenvalue weighted by atomic mass is 35.5. The predicted octanol–water partition coefficient (Wildman–Crippen LogP) is 3.48. The molecule has 2 aromatic carbocycles. The first-order chi connectivity index (χ1) is 13.1. The molecular formula is C21H22ClNO4. The number of halogens is 1. The minimum atomic E-state index is -0.437. The van der Waals surface area contributed by atoms with Crippen molar-refractivity contribution in [1.82, 2.24) is 4.90 Å². The molecule has 27 heavy (non-hydrogen) atoms. The van der Waals surface area contributed by atoms with E-state index in [1.807, 2.05) is 37.3 Å². The monoisotopic (exact) mass is 387 g/mol. The van der Waals surface area contributed by atoms with Gasteiger partial charge < -0.3 is 14.4 Å². The number of hydrogen-bond acceptors (Lipinski definition) is 4. The molecule has 0 radical (unpaired) electrons. The van der Waals surface area contributed by atoms with Gasteiger partial charge in [-0.2, -0.15) is 0 Å². The highest BCUT2D eigenvalue weighted by Gasteiger charge is 2.28.